The molecular formula is C13H17N3O. The molecule has 0 atom stereocenters. The van der Waals surface area contributed by atoms with Crippen LogP contribution in [-0.4, -0.2) is 16.8 Å². The van der Waals surface area contributed by atoms with Crippen molar-refractivity contribution in [3.63, 3.8) is 0 Å². The van der Waals surface area contributed by atoms with E-state index in [-0.39, 0.29) is 0 Å². The normalized spacial score (nSPS) is 10.5. The largest absolute Gasteiger partial charge is 0.454 e. The standard InChI is InChI=1S/C13H17N3O/c1-10-6-12(5-4-11(10)7-14-2)17-13-8-15-16(3)9-13/h4-6,8-9,14H,7H2,1-3H3. The summed E-state index contributed by atoms with van der Waals surface area (Å²) in [6, 6.07) is 6.10. The number of hydrogen-bond donors (Lipinski definition) is 1. The SMILES string of the molecule is CNCc1ccc(Oc2cnn(C)c2)cc1C. The number of aryl methyl sites for hydroxylation is 2. The molecule has 0 amide bonds. The van der Waals surface area contributed by atoms with Crippen LogP contribution in [0.3, 0.4) is 0 Å². The van der Waals surface area contributed by atoms with E-state index in [1.165, 1.54) is 11.1 Å². The van der Waals surface area contributed by atoms with Gasteiger partial charge in [0.25, 0.3) is 0 Å². The smallest absolute Gasteiger partial charge is 0.165 e. The summed E-state index contributed by atoms with van der Waals surface area (Å²) in [5.74, 6) is 1.60. The van der Waals surface area contributed by atoms with Crippen LogP contribution in [-0.2, 0) is 13.6 Å². The molecule has 2 rings (SSSR count). The highest BCUT2D eigenvalue weighted by molar-refractivity contribution is 5.37. The summed E-state index contributed by atoms with van der Waals surface area (Å²) >= 11 is 0. The van der Waals surface area contributed by atoms with Crippen LogP contribution in [0.25, 0.3) is 0 Å². The number of aromatic nitrogens is 2. The molecule has 0 aliphatic carbocycles. The van der Waals surface area contributed by atoms with Gasteiger partial charge < -0.3 is 10.1 Å². The highest BCUT2D eigenvalue weighted by atomic mass is 16.5. The minimum Gasteiger partial charge on any atom is -0.454 e. The van der Waals surface area contributed by atoms with Crippen LogP contribution in [0.5, 0.6) is 11.5 Å². The minimum atomic E-state index is 0.758. The molecule has 1 N–H and O–H groups in total. The second kappa shape index (κ2) is 5.01. The first-order chi connectivity index (χ1) is 8.19. The van der Waals surface area contributed by atoms with Crippen molar-refractivity contribution in [2.24, 2.45) is 7.05 Å². The molecule has 4 heteroatoms. The molecule has 0 saturated heterocycles. The summed E-state index contributed by atoms with van der Waals surface area (Å²) in [6.07, 6.45) is 3.55. The van der Waals surface area contributed by atoms with E-state index in [2.05, 4.69) is 23.4 Å². The Morgan fingerprint density at radius 1 is 1.35 bits per heavy atom. The molecule has 0 saturated carbocycles. The molecule has 0 aliphatic rings. The second-order valence-corrected chi connectivity index (χ2v) is 4.07. The van der Waals surface area contributed by atoms with Gasteiger partial charge in [-0.05, 0) is 37.2 Å². The lowest BCUT2D eigenvalue weighted by Crippen LogP contribution is -2.06. The first kappa shape index (κ1) is 11.7. The number of nitrogens with zero attached hydrogens (tertiary/aromatic N) is 2. The van der Waals surface area contributed by atoms with Crippen LogP contribution in [0.1, 0.15) is 11.1 Å². The topological polar surface area (TPSA) is 39.1 Å². The zero-order valence-electron chi connectivity index (χ0n) is 10.4. The average Bonchev–Trinajstić information content (AvgIpc) is 2.68. The fraction of sp³-hybridized carbons (Fsp3) is 0.308. The molecule has 4 nitrogen and oxygen atoms in total. The maximum Gasteiger partial charge on any atom is 0.165 e. The molecule has 1 aromatic carbocycles. The van der Waals surface area contributed by atoms with Crippen LogP contribution in [0.2, 0.25) is 0 Å². The van der Waals surface area contributed by atoms with Crippen molar-refractivity contribution < 1.29 is 4.74 Å². The van der Waals surface area contributed by atoms with E-state index in [9.17, 15) is 0 Å². The Hall–Kier alpha value is -1.81. The maximum atomic E-state index is 5.71. The number of hydrogen-bond acceptors (Lipinski definition) is 3. The van der Waals surface area contributed by atoms with Gasteiger partial charge in [0.15, 0.2) is 5.75 Å². The van der Waals surface area contributed by atoms with Crippen molar-refractivity contribution >= 4 is 0 Å². The summed E-state index contributed by atoms with van der Waals surface area (Å²) in [6.45, 7) is 2.96. The predicted molar refractivity (Wildman–Crippen MR) is 67.2 cm³/mol. The number of ether oxygens (including phenoxy) is 1. The van der Waals surface area contributed by atoms with Crippen molar-refractivity contribution in [1.82, 2.24) is 15.1 Å². The molecule has 0 spiro atoms. The zero-order chi connectivity index (χ0) is 12.3. The molecular weight excluding hydrogens is 214 g/mol. The van der Waals surface area contributed by atoms with Crippen LogP contribution in [0.15, 0.2) is 30.6 Å². The van der Waals surface area contributed by atoms with E-state index < -0.39 is 0 Å². The summed E-state index contributed by atoms with van der Waals surface area (Å²) in [5.41, 5.74) is 2.51. The van der Waals surface area contributed by atoms with Gasteiger partial charge >= 0.3 is 0 Å². The minimum absolute atomic E-state index is 0.758. The van der Waals surface area contributed by atoms with E-state index in [0.29, 0.717) is 0 Å². The maximum absolute atomic E-state index is 5.71. The van der Waals surface area contributed by atoms with Gasteiger partial charge in [-0.15, -0.1) is 0 Å². The lowest BCUT2D eigenvalue weighted by molar-refractivity contribution is 0.481. The third-order valence-electron chi connectivity index (χ3n) is 2.60. The van der Waals surface area contributed by atoms with Crippen LogP contribution < -0.4 is 10.1 Å². The van der Waals surface area contributed by atoms with Crippen molar-refractivity contribution in [1.29, 1.82) is 0 Å². The highest BCUT2D eigenvalue weighted by Gasteiger charge is 2.02. The molecule has 1 aromatic heterocycles. The lowest BCUT2D eigenvalue weighted by Gasteiger charge is -2.08. The first-order valence-corrected chi connectivity index (χ1v) is 5.59. The predicted octanol–water partition coefficient (Wildman–Crippen LogP) is 2.24. The monoisotopic (exact) mass is 231 g/mol. The fourth-order valence-corrected chi connectivity index (χ4v) is 1.71. The molecule has 17 heavy (non-hydrogen) atoms. The van der Waals surface area contributed by atoms with E-state index in [1.54, 1.807) is 10.9 Å². The molecule has 0 aliphatic heterocycles. The molecule has 0 radical (unpaired) electrons. The van der Waals surface area contributed by atoms with Gasteiger partial charge in [0.05, 0.1) is 12.4 Å². The molecule has 0 unspecified atom stereocenters. The van der Waals surface area contributed by atoms with Crippen molar-refractivity contribution in [2.45, 2.75) is 13.5 Å². The highest BCUT2D eigenvalue weighted by Crippen LogP contribution is 2.23. The number of rotatable bonds is 4. The third-order valence-corrected chi connectivity index (χ3v) is 2.60. The fourth-order valence-electron chi connectivity index (χ4n) is 1.71. The van der Waals surface area contributed by atoms with Gasteiger partial charge in [-0.25, -0.2) is 0 Å². The van der Waals surface area contributed by atoms with Crippen LogP contribution >= 0.6 is 0 Å². The van der Waals surface area contributed by atoms with E-state index in [4.69, 9.17) is 4.74 Å². The quantitative estimate of drug-likeness (QED) is 0.877. The first-order valence-electron chi connectivity index (χ1n) is 5.59. The van der Waals surface area contributed by atoms with Crippen LogP contribution in [0, 0.1) is 6.92 Å². The summed E-state index contributed by atoms with van der Waals surface area (Å²) in [5, 5.41) is 7.21. The lowest BCUT2D eigenvalue weighted by atomic mass is 10.1. The third kappa shape index (κ3) is 2.85. The molecule has 90 valence electrons. The van der Waals surface area contributed by atoms with Gasteiger partial charge in [-0.2, -0.15) is 5.10 Å². The van der Waals surface area contributed by atoms with E-state index in [0.717, 1.165) is 18.0 Å². The van der Waals surface area contributed by atoms with Gasteiger partial charge in [0.2, 0.25) is 0 Å². The Morgan fingerprint density at radius 2 is 2.18 bits per heavy atom. The molecule has 0 fully saturated rings. The van der Waals surface area contributed by atoms with Gasteiger partial charge in [0, 0.05) is 13.6 Å². The molecule has 2 aromatic rings. The Labute approximate surface area is 101 Å². The molecule has 0 bridgehead atoms. The number of benzene rings is 1. The second-order valence-electron chi connectivity index (χ2n) is 4.07. The van der Waals surface area contributed by atoms with E-state index >= 15 is 0 Å². The Morgan fingerprint density at radius 3 is 2.76 bits per heavy atom. The number of nitrogens with one attached hydrogen (secondary N) is 1. The van der Waals surface area contributed by atoms with Crippen molar-refractivity contribution in [2.75, 3.05) is 7.05 Å². The van der Waals surface area contributed by atoms with Gasteiger partial charge in [-0.3, -0.25) is 4.68 Å². The van der Waals surface area contributed by atoms with Gasteiger partial charge in [-0.1, -0.05) is 6.07 Å². The Balaban J connectivity index is 2.14. The van der Waals surface area contributed by atoms with Crippen molar-refractivity contribution in [3.05, 3.63) is 41.7 Å². The van der Waals surface area contributed by atoms with Gasteiger partial charge in [0.1, 0.15) is 5.75 Å². The Kier molecular flexibility index (Phi) is 3.44. The average molecular weight is 231 g/mol. The summed E-state index contributed by atoms with van der Waals surface area (Å²) in [4.78, 5) is 0. The molecule has 1 heterocycles. The summed E-state index contributed by atoms with van der Waals surface area (Å²) in [7, 11) is 3.81. The van der Waals surface area contributed by atoms with Crippen molar-refractivity contribution in [3.8, 4) is 11.5 Å². The van der Waals surface area contributed by atoms with Crippen LogP contribution in [0.4, 0.5) is 0 Å². The summed E-state index contributed by atoms with van der Waals surface area (Å²) < 4.78 is 7.43. The zero-order valence-corrected chi connectivity index (χ0v) is 10.4. The Bertz CT molecular complexity index is 505. The van der Waals surface area contributed by atoms with E-state index in [1.807, 2.05) is 32.4 Å².